The van der Waals surface area contributed by atoms with Crippen LogP contribution in [-0.2, 0) is 6.42 Å². The second-order valence-electron chi connectivity index (χ2n) is 7.14. The quantitative estimate of drug-likeness (QED) is 0.879. The predicted octanol–water partition coefficient (Wildman–Crippen LogP) is 3.55. The summed E-state index contributed by atoms with van der Waals surface area (Å²) in [6.07, 6.45) is 0.755. The van der Waals surface area contributed by atoms with Crippen LogP contribution in [0.1, 0.15) is 19.4 Å². The first kappa shape index (κ1) is 19.1. The van der Waals surface area contributed by atoms with Crippen molar-refractivity contribution >= 4 is 11.7 Å². The second-order valence-corrected chi connectivity index (χ2v) is 7.14. The molecule has 144 valence electrons. The zero-order chi connectivity index (χ0) is 19.2. The molecule has 0 saturated carbocycles. The number of nitrogens with one attached hydrogen (secondary N) is 1. The van der Waals surface area contributed by atoms with E-state index in [2.05, 4.69) is 48.3 Å². The van der Waals surface area contributed by atoms with Crippen molar-refractivity contribution < 1.29 is 9.53 Å². The largest absolute Gasteiger partial charge is 0.496 e. The average molecular weight is 367 g/mol. The van der Waals surface area contributed by atoms with Crippen LogP contribution in [0.3, 0.4) is 0 Å². The maximum atomic E-state index is 12.6. The SMILES string of the molecule is COc1ccccc1CCNC(=O)N1CC(C)N(c2ccccc2)C(C)C1. The van der Waals surface area contributed by atoms with Crippen LogP contribution in [0.15, 0.2) is 54.6 Å². The molecule has 0 aromatic heterocycles. The van der Waals surface area contributed by atoms with Crippen molar-refractivity contribution in [1.82, 2.24) is 10.2 Å². The van der Waals surface area contributed by atoms with Gasteiger partial charge in [-0.2, -0.15) is 0 Å². The van der Waals surface area contributed by atoms with Gasteiger partial charge in [-0.3, -0.25) is 0 Å². The molecule has 27 heavy (non-hydrogen) atoms. The van der Waals surface area contributed by atoms with Crippen LogP contribution in [0.25, 0.3) is 0 Å². The summed E-state index contributed by atoms with van der Waals surface area (Å²) in [4.78, 5) is 17.0. The average Bonchev–Trinajstić information content (AvgIpc) is 2.68. The van der Waals surface area contributed by atoms with Gasteiger partial charge in [-0.05, 0) is 44.0 Å². The minimum Gasteiger partial charge on any atom is -0.496 e. The predicted molar refractivity (Wildman–Crippen MR) is 110 cm³/mol. The topological polar surface area (TPSA) is 44.8 Å². The zero-order valence-electron chi connectivity index (χ0n) is 16.4. The molecule has 1 aliphatic heterocycles. The van der Waals surface area contributed by atoms with Crippen LogP contribution in [0, 0.1) is 0 Å². The maximum Gasteiger partial charge on any atom is 0.317 e. The lowest BCUT2D eigenvalue weighted by molar-refractivity contribution is 0.177. The molecule has 5 nitrogen and oxygen atoms in total. The van der Waals surface area contributed by atoms with Crippen LogP contribution in [0.5, 0.6) is 5.75 Å². The summed E-state index contributed by atoms with van der Waals surface area (Å²) in [6, 6.07) is 18.9. The Morgan fingerprint density at radius 1 is 1.04 bits per heavy atom. The number of ether oxygens (including phenoxy) is 1. The smallest absolute Gasteiger partial charge is 0.317 e. The van der Waals surface area contributed by atoms with Gasteiger partial charge in [-0.1, -0.05) is 36.4 Å². The van der Waals surface area contributed by atoms with Gasteiger partial charge < -0.3 is 19.9 Å². The number of piperazine rings is 1. The molecule has 1 aliphatic rings. The molecular formula is C22H29N3O2. The summed E-state index contributed by atoms with van der Waals surface area (Å²) < 4.78 is 5.37. The van der Waals surface area contributed by atoms with Crippen LogP contribution in [-0.4, -0.2) is 49.8 Å². The highest BCUT2D eigenvalue weighted by Crippen LogP contribution is 2.24. The lowest BCUT2D eigenvalue weighted by atomic mass is 10.1. The van der Waals surface area contributed by atoms with Gasteiger partial charge in [0.2, 0.25) is 0 Å². The van der Waals surface area contributed by atoms with Gasteiger partial charge in [0.05, 0.1) is 7.11 Å². The number of hydrogen-bond acceptors (Lipinski definition) is 3. The molecule has 2 aromatic rings. The number of amides is 2. The highest BCUT2D eigenvalue weighted by Gasteiger charge is 2.31. The highest BCUT2D eigenvalue weighted by atomic mass is 16.5. The van der Waals surface area contributed by atoms with Crippen LogP contribution < -0.4 is 15.0 Å². The Labute approximate surface area is 161 Å². The van der Waals surface area contributed by atoms with Crippen LogP contribution in [0.2, 0.25) is 0 Å². The minimum absolute atomic E-state index is 0.0105. The van der Waals surface area contributed by atoms with Crippen LogP contribution in [0.4, 0.5) is 10.5 Å². The van der Waals surface area contributed by atoms with Gasteiger partial charge >= 0.3 is 6.03 Å². The first-order chi connectivity index (χ1) is 13.1. The molecule has 0 bridgehead atoms. The fraction of sp³-hybridized carbons (Fsp3) is 0.409. The summed E-state index contributed by atoms with van der Waals surface area (Å²) in [5.74, 6) is 0.866. The summed E-state index contributed by atoms with van der Waals surface area (Å²) in [5.41, 5.74) is 2.32. The molecule has 0 spiro atoms. The monoisotopic (exact) mass is 367 g/mol. The number of carbonyl (C=O) groups is 1. The van der Waals surface area contributed by atoms with Gasteiger partial charge in [-0.25, -0.2) is 4.79 Å². The Morgan fingerprint density at radius 3 is 2.33 bits per heavy atom. The van der Waals surface area contributed by atoms with Crippen LogP contribution >= 0.6 is 0 Å². The molecular weight excluding hydrogens is 338 g/mol. The Hall–Kier alpha value is -2.69. The molecule has 2 amide bonds. The lowest BCUT2D eigenvalue weighted by Crippen LogP contribution is -2.60. The number of nitrogens with zero attached hydrogens (tertiary/aromatic N) is 2. The normalized spacial score (nSPS) is 19.7. The van der Waals surface area contributed by atoms with E-state index in [1.165, 1.54) is 5.69 Å². The maximum absolute atomic E-state index is 12.6. The number of methoxy groups -OCH3 is 1. The fourth-order valence-electron chi connectivity index (χ4n) is 3.92. The Morgan fingerprint density at radius 2 is 1.67 bits per heavy atom. The molecule has 2 atom stereocenters. The molecule has 2 unspecified atom stereocenters. The molecule has 3 rings (SSSR count). The van der Waals surface area contributed by atoms with Crippen molar-refractivity contribution in [2.24, 2.45) is 0 Å². The van der Waals surface area contributed by atoms with Gasteiger partial charge in [0.1, 0.15) is 5.75 Å². The molecule has 5 heteroatoms. The van der Waals surface area contributed by atoms with E-state index in [1.54, 1.807) is 7.11 Å². The Kier molecular flexibility index (Phi) is 6.22. The fourth-order valence-corrected chi connectivity index (χ4v) is 3.92. The van der Waals surface area contributed by atoms with Gasteiger partial charge in [0, 0.05) is 37.4 Å². The molecule has 1 saturated heterocycles. The van der Waals surface area contributed by atoms with E-state index < -0.39 is 0 Å². The van der Waals surface area contributed by atoms with Gasteiger partial charge in [0.15, 0.2) is 0 Å². The first-order valence-electron chi connectivity index (χ1n) is 9.58. The standard InChI is InChI=1S/C22H29N3O2/c1-17-15-24(16-18(2)25(17)20-10-5-4-6-11-20)22(26)23-14-13-19-9-7-8-12-21(19)27-3/h4-12,17-18H,13-16H2,1-3H3,(H,23,26). The third-order valence-corrected chi connectivity index (χ3v) is 5.12. The lowest BCUT2D eigenvalue weighted by Gasteiger charge is -2.45. The molecule has 2 aromatic carbocycles. The van der Waals surface area contributed by atoms with Crippen molar-refractivity contribution in [2.45, 2.75) is 32.4 Å². The van der Waals surface area contributed by atoms with E-state index in [0.717, 1.165) is 30.8 Å². The summed E-state index contributed by atoms with van der Waals surface area (Å²) in [5, 5.41) is 3.06. The minimum atomic E-state index is 0.0105. The number of benzene rings is 2. The number of rotatable bonds is 5. The number of para-hydroxylation sites is 2. The van der Waals surface area contributed by atoms with Crippen molar-refractivity contribution in [3.8, 4) is 5.75 Å². The number of carbonyl (C=O) groups excluding carboxylic acids is 1. The van der Waals surface area contributed by atoms with Gasteiger partial charge in [0.25, 0.3) is 0 Å². The van der Waals surface area contributed by atoms with E-state index in [1.807, 2.05) is 35.2 Å². The molecule has 1 N–H and O–H groups in total. The number of anilines is 1. The Balaban J connectivity index is 1.54. The van der Waals surface area contributed by atoms with Gasteiger partial charge in [-0.15, -0.1) is 0 Å². The van der Waals surface area contributed by atoms with E-state index in [0.29, 0.717) is 6.54 Å². The van der Waals surface area contributed by atoms with E-state index in [9.17, 15) is 4.79 Å². The third-order valence-electron chi connectivity index (χ3n) is 5.12. The van der Waals surface area contributed by atoms with Crippen molar-refractivity contribution in [3.05, 3.63) is 60.2 Å². The first-order valence-corrected chi connectivity index (χ1v) is 9.58. The number of hydrogen-bond donors (Lipinski definition) is 1. The van der Waals surface area contributed by atoms with Crippen molar-refractivity contribution in [1.29, 1.82) is 0 Å². The highest BCUT2D eigenvalue weighted by molar-refractivity contribution is 5.74. The van der Waals surface area contributed by atoms with E-state index in [4.69, 9.17) is 4.74 Å². The molecule has 1 fully saturated rings. The van der Waals surface area contributed by atoms with E-state index >= 15 is 0 Å². The Bertz CT molecular complexity index is 738. The summed E-state index contributed by atoms with van der Waals surface area (Å²) >= 11 is 0. The van der Waals surface area contributed by atoms with Crippen molar-refractivity contribution in [2.75, 3.05) is 31.6 Å². The second kappa shape index (κ2) is 8.80. The summed E-state index contributed by atoms with van der Waals surface area (Å²) in [7, 11) is 1.67. The van der Waals surface area contributed by atoms with Crippen molar-refractivity contribution in [3.63, 3.8) is 0 Å². The van der Waals surface area contributed by atoms with E-state index in [-0.39, 0.29) is 18.1 Å². The summed E-state index contributed by atoms with van der Waals surface area (Å²) in [6.45, 7) is 6.40. The molecule has 0 radical (unpaired) electrons. The third kappa shape index (κ3) is 4.54. The molecule has 1 heterocycles. The zero-order valence-corrected chi connectivity index (χ0v) is 16.4. The molecule has 0 aliphatic carbocycles. The number of urea groups is 1.